The summed E-state index contributed by atoms with van der Waals surface area (Å²) in [5.74, 6) is 0.795. The molecule has 0 heterocycles. The Morgan fingerprint density at radius 2 is 1.64 bits per heavy atom. The number of hydrogen-bond donors (Lipinski definition) is 1. The molecule has 2 heteroatoms. The number of hydrogen-bond acceptors (Lipinski definition) is 2. The molecule has 0 aromatic heterocycles. The second-order valence-corrected chi connectivity index (χ2v) is 5.36. The minimum absolute atomic E-state index is 0.226. The van der Waals surface area contributed by atoms with Crippen LogP contribution in [0.2, 0.25) is 0 Å². The third-order valence-electron chi connectivity index (χ3n) is 3.39. The molecule has 0 bridgehead atoms. The van der Waals surface area contributed by atoms with Gasteiger partial charge in [-0.2, -0.15) is 0 Å². The molecule has 0 radical (unpaired) electrons. The molecule has 0 rings (SSSR count). The molecule has 0 spiro atoms. The molecule has 1 unspecified atom stereocenters. The van der Waals surface area contributed by atoms with Crippen molar-refractivity contribution in [2.75, 3.05) is 21.1 Å². The van der Waals surface area contributed by atoms with E-state index in [4.69, 9.17) is 0 Å². The first-order valence-electron chi connectivity index (χ1n) is 5.67. The lowest BCUT2D eigenvalue weighted by atomic mass is 9.88. The summed E-state index contributed by atoms with van der Waals surface area (Å²) in [4.78, 5) is 2.30. The van der Waals surface area contributed by atoms with Gasteiger partial charge >= 0.3 is 0 Å². The maximum Gasteiger partial charge on any atom is 0.0300 e. The Morgan fingerprint density at radius 1 is 1.14 bits per heavy atom. The summed E-state index contributed by atoms with van der Waals surface area (Å²) < 4.78 is 0. The maximum absolute atomic E-state index is 3.44. The van der Waals surface area contributed by atoms with E-state index in [0.717, 1.165) is 5.92 Å². The fourth-order valence-electron chi connectivity index (χ4n) is 1.66. The van der Waals surface area contributed by atoms with Crippen LogP contribution in [0.1, 0.15) is 40.5 Å². The molecule has 2 nitrogen and oxygen atoms in total. The molecular weight excluding hydrogens is 172 g/mol. The van der Waals surface area contributed by atoms with Gasteiger partial charge in [-0.1, -0.05) is 13.8 Å². The summed E-state index contributed by atoms with van der Waals surface area (Å²) in [6, 6.07) is 0.569. The minimum Gasteiger partial charge on any atom is -0.315 e. The molecule has 0 saturated carbocycles. The van der Waals surface area contributed by atoms with Gasteiger partial charge in [-0.15, -0.1) is 0 Å². The summed E-state index contributed by atoms with van der Waals surface area (Å²) >= 11 is 0. The van der Waals surface area contributed by atoms with Crippen molar-refractivity contribution < 1.29 is 0 Å². The molecular formula is C12H28N2. The van der Waals surface area contributed by atoms with Crippen molar-refractivity contribution in [2.45, 2.75) is 52.1 Å². The zero-order valence-electron chi connectivity index (χ0n) is 11.0. The van der Waals surface area contributed by atoms with E-state index in [1.165, 1.54) is 12.8 Å². The Balaban J connectivity index is 4.25. The molecule has 1 atom stereocenters. The lowest BCUT2D eigenvalue weighted by Crippen LogP contribution is -2.54. The van der Waals surface area contributed by atoms with E-state index in [-0.39, 0.29) is 5.54 Å². The van der Waals surface area contributed by atoms with Crippen LogP contribution in [-0.4, -0.2) is 37.6 Å². The molecule has 0 amide bonds. The standard InChI is InChI=1S/C12H28N2/c1-10(2)8-9-11(13-5)12(3,4)14(6)7/h10-11,13H,8-9H2,1-7H3. The molecule has 0 fully saturated rings. The van der Waals surface area contributed by atoms with Gasteiger partial charge in [-0.25, -0.2) is 0 Å². The second kappa shape index (κ2) is 5.72. The largest absolute Gasteiger partial charge is 0.315 e. The highest BCUT2D eigenvalue weighted by Gasteiger charge is 2.29. The van der Waals surface area contributed by atoms with Crippen LogP contribution in [0.15, 0.2) is 0 Å². The summed E-state index contributed by atoms with van der Waals surface area (Å²) in [5, 5.41) is 3.44. The van der Waals surface area contributed by atoms with Crippen molar-refractivity contribution >= 4 is 0 Å². The van der Waals surface area contributed by atoms with E-state index in [2.05, 4.69) is 59.1 Å². The molecule has 0 aliphatic rings. The van der Waals surface area contributed by atoms with Gasteiger partial charge < -0.3 is 10.2 Å². The summed E-state index contributed by atoms with van der Waals surface area (Å²) in [6.07, 6.45) is 2.54. The van der Waals surface area contributed by atoms with Crippen molar-refractivity contribution in [1.29, 1.82) is 0 Å². The number of nitrogens with zero attached hydrogens (tertiary/aromatic N) is 1. The molecule has 1 N–H and O–H groups in total. The van der Waals surface area contributed by atoms with E-state index >= 15 is 0 Å². The SMILES string of the molecule is CNC(CCC(C)C)C(C)(C)N(C)C. The Labute approximate surface area is 90.1 Å². The Bertz CT molecular complexity index is 150. The first-order chi connectivity index (χ1) is 6.32. The Morgan fingerprint density at radius 3 is 1.93 bits per heavy atom. The summed E-state index contributed by atoms with van der Waals surface area (Å²) in [7, 11) is 6.37. The molecule has 0 aliphatic heterocycles. The summed E-state index contributed by atoms with van der Waals surface area (Å²) in [5.41, 5.74) is 0.226. The van der Waals surface area contributed by atoms with Crippen molar-refractivity contribution in [3.05, 3.63) is 0 Å². The average molecular weight is 200 g/mol. The van der Waals surface area contributed by atoms with E-state index in [9.17, 15) is 0 Å². The van der Waals surface area contributed by atoms with Gasteiger partial charge in [0, 0.05) is 11.6 Å². The fraction of sp³-hybridized carbons (Fsp3) is 1.00. The Kier molecular flexibility index (Phi) is 5.68. The molecule has 0 aliphatic carbocycles. The average Bonchev–Trinajstić information content (AvgIpc) is 2.04. The van der Waals surface area contributed by atoms with Crippen LogP contribution in [0, 0.1) is 5.92 Å². The van der Waals surface area contributed by atoms with Crippen molar-refractivity contribution in [3.63, 3.8) is 0 Å². The van der Waals surface area contributed by atoms with E-state index in [1.54, 1.807) is 0 Å². The zero-order chi connectivity index (χ0) is 11.4. The molecule has 0 aromatic rings. The predicted octanol–water partition coefficient (Wildman–Crippen LogP) is 2.35. The predicted molar refractivity (Wildman–Crippen MR) is 64.7 cm³/mol. The van der Waals surface area contributed by atoms with E-state index in [1.807, 2.05) is 0 Å². The van der Waals surface area contributed by atoms with Crippen molar-refractivity contribution in [1.82, 2.24) is 10.2 Å². The van der Waals surface area contributed by atoms with Crippen LogP contribution in [0.3, 0.4) is 0 Å². The number of rotatable bonds is 6. The van der Waals surface area contributed by atoms with E-state index in [0.29, 0.717) is 6.04 Å². The van der Waals surface area contributed by atoms with Gasteiger partial charge in [-0.3, -0.25) is 0 Å². The topological polar surface area (TPSA) is 15.3 Å². The van der Waals surface area contributed by atoms with Gasteiger partial charge in [0.2, 0.25) is 0 Å². The second-order valence-electron chi connectivity index (χ2n) is 5.36. The first kappa shape index (κ1) is 13.9. The van der Waals surface area contributed by atoms with Gasteiger partial charge in [0.05, 0.1) is 0 Å². The first-order valence-corrected chi connectivity index (χ1v) is 5.67. The highest BCUT2D eigenvalue weighted by Crippen LogP contribution is 2.21. The summed E-state index contributed by atoms with van der Waals surface area (Å²) in [6.45, 7) is 9.17. The molecule has 0 aromatic carbocycles. The van der Waals surface area contributed by atoms with Crippen molar-refractivity contribution in [2.24, 2.45) is 5.92 Å². The monoisotopic (exact) mass is 200 g/mol. The fourth-order valence-corrected chi connectivity index (χ4v) is 1.66. The quantitative estimate of drug-likeness (QED) is 0.708. The number of likely N-dealkylation sites (N-methyl/N-ethyl adjacent to an activating group) is 2. The van der Waals surface area contributed by atoms with Crippen LogP contribution < -0.4 is 5.32 Å². The normalized spacial score (nSPS) is 15.2. The van der Waals surface area contributed by atoms with E-state index < -0.39 is 0 Å². The van der Waals surface area contributed by atoms with Crippen LogP contribution in [0.25, 0.3) is 0 Å². The molecule has 0 saturated heterocycles. The number of nitrogens with one attached hydrogen (secondary N) is 1. The van der Waals surface area contributed by atoms with Crippen LogP contribution in [0.5, 0.6) is 0 Å². The molecule has 14 heavy (non-hydrogen) atoms. The Hall–Kier alpha value is -0.0800. The highest BCUT2D eigenvalue weighted by atomic mass is 15.2. The zero-order valence-corrected chi connectivity index (χ0v) is 11.0. The van der Waals surface area contributed by atoms with Gasteiger partial charge in [0.25, 0.3) is 0 Å². The van der Waals surface area contributed by atoms with Gasteiger partial charge in [0.15, 0.2) is 0 Å². The lowest BCUT2D eigenvalue weighted by Gasteiger charge is -2.40. The highest BCUT2D eigenvalue weighted by molar-refractivity contribution is 4.90. The van der Waals surface area contributed by atoms with Crippen LogP contribution in [-0.2, 0) is 0 Å². The smallest absolute Gasteiger partial charge is 0.0300 e. The maximum atomic E-state index is 3.44. The third kappa shape index (κ3) is 3.97. The lowest BCUT2D eigenvalue weighted by molar-refractivity contribution is 0.133. The minimum atomic E-state index is 0.226. The van der Waals surface area contributed by atoms with Crippen LogP contribution in [0.4, 0.5) is 0 Å². The molecule has 86 valence electrons. The third-order valence-corrected chi connectivity index (χ3v) is 3.39. The van der Waals surface area contributed by atoms with Crippen LogP contribution >= 0.6 is 0 Å². The van der Waals surface area contributed by atoms with Gasteiger partial charge in [-0.05, 0) is 53.8 Å². The van der Waals surface area contributed by atoms with Crippen molar-refractivity contribution in [3.8, 4) is 0 Å². The van der Waals surface area contributed by atoms with Gasteiger partial charge in [0.1, 0.15) is 0 Å².